The van der Waals surface area contributed by atoms with E-state index in [1.165, 1.54) is 11.4 Å². The van der Waals surface area contributed by atoms with Crippen molar-refractivity contribution < 1.29 is 4.74 Å². The Morgan fingerprint density at radius 2 is 2.41 bits per heavy atom. The minimum Gasteiger partial charge on any atom is -0.376 e. The van der Waals surface area contributed by atoms with Gasteiger partial charge in [-0.2, -0.15) is 5.10 Å². The normalized spacial score (nSPS) is 17.8. The van der Waals surface area contributed by atoms with Crippen LogP contribution in [0.25, 0.3) is 0 Å². The number of hydrogen-bond acceptors (Lipinski definition) is 3. The second-order valence-electron chi connectivity index (χ2n) is 5.44. The molecule has 0 unspecified atom stereocenters. The van der Waals surface area contributed by atoms with E-state index in [1.54, 1.807) is 12.3 Å². The lowest BCUT2D eigenvalue weighted by atomic mass is 10.2. The van der Waals surface area contributed by atoms with Gasteiger partial charge in [0.2, 0.25) is 0 Å². The summed E-state index contributed by atoms with van der Waals surface area (Å²) in [5.41, 5.74) is 6.32. The average molecular weight is 320 g/mol. The van der Waals surface area contributed by atoms with Crippen LogP contribution in [0.1, 0.15) is 29.8 Å². The van der Waals surface area contributed by atoms with E-state index in [9.17, 15) is 0 Å². The number of nitrogens with zero attached hydrogens (tertiary/aromatic N) is 2. The van der Waals surface area contributed by atoms with Gasteiger partial charge in [0, 0.05) is 36.6 Å². The summed E-state index contributed by atoms with van der Waals surface area (Å²) in [6.07, 6.45) is 6.19. The van der Waals surface area contributed by atoms with Crippen LogP contribution in [0.3, 0.4) is 0 Å². The molecular formula is C16H24N4OS. The Morgan fingerprint density at radius 3 is 3.09 bits per heavy atom. The molecule has 0 aliphatic carbocycles. The SMILES string of the molecule is C=CCNC(=S)N/N=C\c1cc(C)n(C[C@@H]2CCCO2)c1C. The van der Waals surface area contributed by atoms with Gasteiger partial charge in [-0.25, -0.2) is 0 Å². The second kappa shape index (κ2) is 8.10. The molecule has 1 aromatic heterocycles. The molecule has 0 amide bonds. The van der Waals surface area contributed by atoms with Gasteiger partial charge in [0.1, 0.15) is 0 Å². The molecule has 1 atom stereocenters. The van der Waals surface area contributed by atoms with Crippen molar-refractivity contribution in [2.24, 2.45) is 5.10 Å². The topological polar surface area (TPSA) is 50.6 Å². The molecule has 2 rings (SSSR count). The summed E-state index contributed by atoms with van der Waals surface area (Å²) in [6, 6.07) is 2.13. The number of nitrogens with one attached hydrogen (secondary N) is 2. The highest BCUT2D eigenvalue weighted by Crippen LogP contribution is 2.19. The zero-order valence-corrected chi connectivity index (χ0v) is 14.1. The Hall–Kier alpha value is -1.66. The van der Waals surface area contributed by atoms with Gasteiger partial charge in [0.05, 0.1) is 12.3 Å². The molecule has 0 bridgehead atoms. The summed E-state index contributed by atoms with van der Waals surface area (Å²) < 4.78 is 8.02. The van der Waals surface area contributed by atoms with Crippen molar-refractivity contribution in [2.45, 2.75) is 39.3 Å². The van der Waals surface area contributed by atoms with Gasteiger partial charge in [-0.15, -0.1) is 6.58 Å². The molecule has 22 heavy (non-hydrogen) atoms. The largest absolute Gasteiger partial charge is 0.376 e. The summed E-state index contributed by atoms with van der Waals surface area (Å²) in [5.74, 6) is 0. The smallest absolute Gasteiger partial charge is 0.187 e. The zero-order valence-electron chi connectivity index (χ0n) is 13.3. The quantitative estimate of drug-likeness (QED) is 0.365. The third-order valence-corrected chi connectivity index (χ3v) is 4.04. The van der Waals surface area contributed by atoms with Gasteiger partial charge in [-0.3, -0.25) is 5.43 Å². The third kappa shape index (κ3) is 4.42. The summed E-state index contributed by atoms with van der Waals surface area (Å²) in [6.45, 7) is 10.3. The minimum absolute atomic E-state index is 0.336. The van der Waals surface area contributed by atoms with E-state index in [0.717, 1.165) is 31.6 Å². The van der Waals surface area contributed by atoms with Crippen molar-refractivity contribution in [2.75, 3.05) is 13.2 Å². The van der Waals surface area contributed by atoms with Crippen molar-refractivity contribution in [3.63, 3.8) is 0 Å². The molecule has 1 aliphatic heterocycles. The summed E-state index contributed by atoms with van der Waals surface area (Å²) in [7, 11) is 0. The van der Waals surface area contributed by atoms with Crippen LogP contribution in [0.4, 0.5) is 0 Å². The van der Waals surface area contributed by atoms with Crippen molar-refractivity contribution in [1.29, 1.82) is 0 Å². The first-order valence-electron chi connectivity index (χ1n) is 7.58. The zero-order chi connectivity index (χ0) is 15.9. The number of aryl methyl sites for hydroxylation is 1. The van der Waals surface area contributed by atoms with E-state index in [4.69, 9.17) is 17.0 Å². The van der Waals surface area contributed by atoms with E-state index >= 15 is 0 Å². The lowest BCUT2D eigenvalue weighted by Crippen LogP contribution is -2.31. The second-order valence-corrected chi connectivity index (χ2v) is 5.85. The maximum atomic E-state index is 5.73. The van der Waals surface area contributed by atoms with Crippen LogP contribution >= 0.6 is 12.2 Å². The molecule has 0 radical (unpaired) electrons. The molecular weight excluding hydrogens is 296 g/mol. The number of ether oxygens (including phenoxy) is 1. The van der Waals surface area contributed by atoms with Gasteiger partial charge in [0.15, 0.2) is 5.11 Å². The fourth-order valence-corrected chi connectivity index (χ4v) is 2.73. The first kappa shape index (κ1) is 16.7. The van der Waals surface area contributed by atoms with Crippen LogP contribution in [0.15, 0.2) is 23.8 Å². The van der Waals surface area contributed by atoms with E-state index in [1.807, 2.05) is 0 Å². The molecule has 1 aliphatic rings. The van der Waals surface area contributed by atoms with Gasteiger partial charge < -0.3 is 14.6 Å². The fourth-order valence-electron chi connectivity index (χ4n) is 2.60. The number of hydrogen-bond donors (Lipinski definition) is 2. The van der Waals surface area contributed by atoms with Crippen LogP contribution in [0.5, 0.6) is 0 Å². The molecule has 120 valence electrons. The molecule has 0 saturated carbocycles. The fraction of sp³-hybridized carbons (Fsp3) is 0.500. The van der Waals surface area contributed by atoms with Crippen molar-refractivity contribution >= 4 is 23.5 Å². The standard InChI is InChI=1S/C16H24N4OS/c1-4-7-17-16(22)19-18-10-14-9-12(2)20(13(14)3)11-15-6-5-8-21-15/h4,9-10,15H,1,5-8,11H2,2-3H3,(H2,17,19,22)/b18-10-/t15-/m0/s1. The predicted octanol–water partition coefficient (Wildman–Crippen LogP) is 2.27. The van der Waals surface area contributed by atoms with E-state index in [0.29, 0.717) is 17.8 Å². The molecule has 2 heterocycles. The first-order chi connectivity index (χ1) is 10.6. The lowest BCUT2D eigenvalue weighted by molar-refractivity contribution is 0.0962. The van der Waals surface area contributed by atoms with Crippen LogP contribution in [-0.4, -0.2) is 35.1 Å². The monoisotopic (exact) mass is 320 g/mol. The molecule has 1 aromatic rings. The van der Waals surface area contributed by atoms with Gasteiger partial charge in [-0.1, -0.05) is 6.08 Å². The van der Waals surface area contributed by atoms with Crippen LogP contribution in [-0.2, 0) is 11.3 Å². The summed E-state index contributed by atoms with van der Waals surface area (Å²) in [4.78, 5) is 0. The van der Waals surface area contributed by atoms with Crippen molar-refractivity contribution in [3.05, 3.63) is 35.7 Å². The molecule has 0 spiro atoms. The predicted molar refractivity (Wildman–Crippen MR) is 94.4 cm³/mol. The Bertz CT molecular complexity index is 559. The Balaban J connectivity index is 1.96. The summed E-state index contributed by atoms with van der Waals surface area (Å²) in [5, 5.41) is 7.64. The Kier molecular flexibility index (Phi) is 6.15. The van der Waals surface area contributed by atoms with Gasteiger partial charge >= 0.3 is 0 Å². The highest BCUT2D eigenvalue weighted by Gasteiger charge is 2.18. The maximum Gasteiger partial charge on any atom is 0.187 e. The van der Waals surface area contributed by atoms with Crippen molar-refractivity contribution in [3.8, 4) is 0 Å². The first-order valence-corrected chi connectivity index (χ1v) is 7.98. The molecule has 6 heteroatoms. The summed E-state index contributed by atoms with van der Waals surface area (Å²) >= 11 is 5.09. The maximum absolute atomic E-state index is 5.73. The van der Waals surface area contributed by atoms with Crippen LogP contribution in [0.2, 0.25) is 0 Å². The lowest BCUT2D eigenvalue weighted by Gasteiger charge is -2.14. The van der Waals surface area contributed by atoms with Crippen molar-refractivity contribution in [1.82, 2.24) is 15.3 Å². The van der Waals surface area contributed by atoms with Gasteiger partial charge in [0.25, 0.3) is 0 Å². The number of hydrazone groups is 1. The highest BCUT2D eigenvalue weighted by molar-refractivity contribution is 7.80. The van der Waals surface area contributed by atoms with Gasteiger partial charge in [-0.05, 0) is 45.0 Å². The Labute approximate surface area is 137 Å². The number of aromatic nitrogens is 1. The van der Waals surface area contributed by atoms with E-state index in [-0.39, 0.29) is 0 Å². The number of rotatable bonds is 6. The van der Waals surface area contributed by atoms with E-state index < -0.39 is 0 Å². The Morgan fingerprint density at radius 1 is 1.59 bits per heavy atom. The molecule has 1 fully saturated rings. The van der Waals surface area contributed by atoms with Crippen LogP contribution in [0, 0.1) is 13.8 Å². The molecule has 0 aromatic carbocycles. The minimum atomic E-state index is 0.336. The third-order valence-electron chi connectivity index (χ3n) is 3.80. The molecule has 2 N–H and O–H groups in total. The van der Waals surface area contributed by atoms with Crippen LogP contribution < -0.4 is 10.7 Å². The molecule has 5 nitrogen and oxygen atoms in total. The highest BCUT2D eigenvalue weighted by atomic mass is 32.1. The molecule has 1 saturated heterocycles. The average Bonchev–Trinajstić information content (AvgIpc) is 3.09. The van der Waals surface area contributed by atoms with E-state index in [2.05, 4.69) is 46.9 Å². The number of thiocarbonyl (C=S) groups is 1.